The molecule has 0 fully saturated rings. The summed E-state index contributed by atoms with van der Waals surface area (Å²) < 4.78 is 0. The van der Waals surface area contributed by atoms with E-state index in [9.17, 15) is 4.79 Å². The Hall–Kier alpha value is -1.53. The summed E-state index contributed by atoms with van der Waals surface area (Å²) in [5.41, 5.74) is 1.49. The van der Waals surface area contributed by atoms with Crippen LogP contribution in [0.3, 0.4) is 0 Å². The largest absolute Gasteiger partial charge is 0.370 e. The number of nitrogens with zero attached hydrogens (tertiary/aromatic N) is 2. The first kappa shape index (κ1) is 15.5. The van der Waals surface area contributed by atoms with Crippen LogP contribution in [0.2, 0.25) is 5.02 Å². The fraction of sp³-hybridized carbons (Fsp3) is 0.467. The van der Waals surface area contributed by atoms with E-state index < -0.39 is 0 Å². The van der Waals surface area contributed by atoms with Crippen molar-refractivity contribution in [1.29, 1.82) is 5.26 Å². The minimum atomic E-state index is -0.0380. The molecule has 0 amide bonds. The second-order valence-electron chi connectivity index (χ2n) is 4.97. The second-order valence-corrected chi connectivity index (χ2v) is 5.38. The molecule has 0 radical (unpaired) electrons. The van der Waals surface area contributed by atoms with Crippen molar-refractivity contribution in [3.8, 4) is 6.07 Å². The van der Waals surface area contributed by atoms with Crippen LogP contribution < -0.4 is 4.90 Å². The molecule has 1 aromatic carbocycles. The number of ketones is 1. The summed E-state index contributed by atoms with van der Waals surface area (Å²) in [5, 5.41) is 9.19. The summed E-state index contributed by atoms with van der Waals surface area (Å²) in [5.74, 6) is 0.453. The van der Waals surface area contributed by atoms with Gasteiger partial charge < -0.3 is 4.90 Å². The van der Waals surface area contributed by atoms with Gasteiger partial charge in [-0.1, -0.05) is 25.4 Å². The summed E-state index contributed by atoms with van der Waals surface area (Å²) >= 11 is 6.13. The van der Waals surface area contributed by atoms with Gasteiger partial charge in [0.15, 0.2) is 5.78 Å². The van der Waals surface area contributed by atoms with Crippen molar-refractivity contribution < 1.29 is 4.79 Å². The molecule has 0 aliphatic heterocycles. The highest BCUT2D eigenvalue weighted by Crippen LogP contribution is 2.25. The molecule has 0 saturated carbocycles. The molecule has 19 heavy (non-hydrogen) atoms. The molecule has 102 valence electrons. The number of carbonyl (C=O) groups is 1. The zero-order chi connectivity index (χ0) is 14.4. The fourth-order valence-corrected chi connectivity index (χ4v) is 2.25. The summed E-state index contributed by atoms with van der Waals surface area (Å²) in [6.07, 6.45) is 0.471. The van der Waals surface area contributed by atoms with Crippen molar-refractivity contribution >= 4 is 23.1 Å². The molecule has 0 aliphatic carbocycles. The van der Waals surface area contributed by atoms with Crippen LogP contribution in [-0.4, -0.2) is 18.9 Å². The van der Waals surface area contributed by atoms with E-state index in [1.54, 1.807) is 12.1 Å². The summed E-state index contributed by atoms with van der Waals surface area (Å²) in [6, 6.07) is 7.60. The van der Waals surface area contributed by atoms with Gasteiger partial charge in [0.2, 0.25) is 0 Å². The lowest BCUT2D eigenvalue weighted by Crippen LogP contribution is -2.28. The van der Waals surface area contributed by atoms with Gasteiger partial charge in [0.25, 0.3) is 0 Å². The molecule has 0 saturated heterocycles. The Morgan fingerprint density at radius 2 is 2.16 bits per heavy atom. The van der Waals surface area contributed by atoms with Crippen molar-refractivity contribution in [3.63, 3.8) is 0 Å². The van der Waals surface area contributed by atoms with Gasteiger partial charge in [0.05, 0.1) is 17.5 Å². The van der Waals surface area contributed by atoms with Gasteiger partial charge in [0, 0.05) is 24.3 Å². The molecular formula is C15H19ClN2O. The van der Waals surface area contributed by atoms with Gasteiger partial charge >= 0.3 is 0 Å². The van der Waals surface area contributed by atoms with Crippen LogP contribution in [-0.2, 0) is 0 Å². The van der Waals surface area contributed by atoms with E-state index in [0.717, 1.165) is 12.2 Å². The van der Waals surface area contributed by atoms with Gasteiger partial charge in [-0.05, 0) is 31.0 Å². The van der Waals surface area contributed by atoms with Crippen molar-refractivity contribution in [3.05, 3.63) is 28.8 Å². The highest BCUT2D eigenvalue weighted by atomic mass is 35.5. The Balaban J connectivity index is 2.99. The zero-order valence-corrected chi connectivity index (χ0v) is 12.4. The van der Waals surface area contributed by atoms with Gasteiger partial charge in [0.1, 0.15) is 0 Å². The Morgan fingerprint density at radius 3 is 2.63 bits per heavy atom. The normalized spacial score (nSPS) is 10.3. The number of carbonyl (C=O) groups excluding carboxylic acids is 1. The maximum Gasteiger partial charge on any atom is 0.161 e. The highest BCUT2D eigenvalue weighted by molar-refractivity contribution is 6.34. The average molecular weight is 279 g/mol. The molecule has 4 heteroatoms. The molecule has 1 aromatic rings. The van der Waals surface area contributed by atoms with Crippen LogP contribution in [0.25, 0.3) is 0 Å². The Morgan fingerprint density at radius 1 is 1.47 bits per heavy atom. The number of hydrogen-bond acceptors (Lipinski definition) is 3. The van der Waals surface area contributed by atoms with Gasteiger partial charge in [-0.3, -0.25) is 4.79 Å². The smallest absolute Gasteiger partial charge is 0.161 e. The molecule has 0 bridgehead atoms. The summed E-state index contributed by atoms with van der Waals surface area (Å²) in [4.78, 5) is 13.5. The van der Waals surface area contributed by atoms with Gasteiger partial charge in [-0.2, -0.15) is 5.26 Å². The number of Topliss-reactive ketones (excluding diaryl/α,β-unsaturated/α-hetero) is 1. The predicted octanol–water partition coefficient (Wildman–Crippen LogP) is 3.92. The first-order valence-electron chi connectivity index (χ1n) is 6.38. The summed E-state index contributed by atoms with van der Waals surface area (Å²) in [7, 11) is 0. The molecule has 0 aliphatic rings. The van der Waals surface area contributed by atoms with Crippen LogP contribution in [0.4, 0.5) is 5.69 Å². The lowest BCUT2D eigenvalue weighted by molar-refractivity contribution is 0.101. The molecule has 0 spiro atoms. The van der Waals surface area contributed by atoms with Crippen LogP contribution >= 0.6 is 11.6 Å². The minimum Gasteiger partial charge on any atom is -0.370 e. The predicted molar refractivity (Wildman–Crippen MR) is 78.7 cm³/mol. The summed E-state index contributed by atoms with van der Waals surface area (Å²) in [6.45, 7) is 7.29. The van der Waals surface area contributed by atoms with E-state index in [-0.39, 0.29) is 5.78 Å². The number of hydrogen-bond donors (Lipinski definition) is 0. The molecule has 0 N–H and O–H groups in total. The standard InChI is InChI=1S/C15H19ClN2O/c1-11(2)10-18(8-4-7-17)13-5-6-14(12(3)19)15(16)9-13/h5-6,9,11H,4,8,10H2,1-3H3. The van der Waals surface area contributed by atoms with Crippen LogP contribution in [0.15, 0.2) is 18.2 Å². The second kappa shape index (κ2) is 7.16. The molecule has 3 nitrogen and oxygen atoms in total. The number of rotatable bonds is 6. The zero-order valence-electron chi connectivity index (χ0n) is 11.6. The van der Waals surface area contributed by atoms with Crippen molar-refractivity contribution in [2.24, 2.45) is 5.92 Å². The van der Waals surface area contributed by atoms with E-state index in [1.807, 2.05) is 6.07 Å². The third-order valence-corrected chi connectivity index (χ3v) is 3.09. The van der Waals surface area contributed by atoms with Gasteiger partial charge in [-0.15, -0.1) is 0 Å². The maximum absolute atomic E-state index is 11.4. The fourth-order valence-electron chi connectivity index (χ4n) is 1.94. The van der Waals surface area contributed by atoms with E-state index >= 15 is 0 Å². The van der Waals surface area contributed by atoms with Crippen molar-refractivity contribution in [2.45, 2.75) is 27.2 Å². The molecule has 0 unspecified atom stereocenters. The van der Waals surface area contributed by atoms with Gasteiger partial charge in [-0.25, -0.2) is 0 Å². The SMILES string of the molecule is CC(=O)c1ccc(N(CCC#N)CC(C)C)cc1Cl. The first-order valence-corrected chi connectivity index (χ1v) is 6.76. The van der Waals surface area contributed by atoms with Crippen molar-refractivity contribution in [1.82, 2.24) is 0 Å². The van der Waals surface area contributed by atoms with E-state index in [4.69, 9.17) is 16.9 Å². The molecular weight excluding hydrogens is 260 g/mol. The Kier molecular flexibility index (Phi) is 5.85. The maximum atomic E-state index is 11.4. The third kappa shape index (κ3) is 4.57. The van der Waals surface area contributed by atoms with E-state index in [2.05, 4.69) is 24.8 Å². The Labute approximate surface area is 119 Å². The molecule has 0 atom stereocenters. The number of benzene rings is 1. The van der Waals surface area contributed by atoms with Crippen LogP contribution in [0.5, 0.6) is 0 Å². The number of halogens is 1. The van der Waals surface area contributed by atoms with Crippen LogP contribution in [0.1, 0.15) is 37.6 Å². The van der Waals surface area contributed by atoms with Crippen LogP contribution in [0, 0.1) is 17.2 Å². The molecule has 0 heterocycles. The highest BCUT2D eigenvalue weighted by Gasteiger charge is 2.12. The monoisotopic (exact) mass is 278 g/mol. The van der Waals surface area contributed by atoms with Crippen molar-refractivity contribution in [2.75, 3.05) is 18.0 Å². The first-order chi connectivity index (χ1) is 8.95. The lowest BCUT2D eigenvalue weighted by atomic mass is 10.1. The lowest BCUT2D eigenvalue weighted by Gasteiger charge is -2.26. The third-order valence-electron chi connectivity index (χ3n) is 2.78. The van der Waals surface area contributed by atoms with E-state index in [0.29, 0.717) is 29.5 Å². The molecule has 1 rings (SSSR count). The molecule has 0 aromatic heterocycles. The van der Waals surface area contributed by atoms with E-state index in [1.165, 1.54) is 6.92 Å². The quantitative estimate of drug-likeness (QED) is 0.741. The average Bonchev–Trinajstić information content (AvgIpc) is 2.33. The topological polar surface area (TPSA) is 44.1 Å². The number of anilines is 1. The minimum absolute atomic E-state index is 0.0380. The Bertz CT molecular complexity index is 491. The number of nitriles is 1.